The summed E-state index contributed by atoms with van der Waals surface area (Å²) in [7, 11) is -1.75. The molecule has 0 saturated heterocycles. The molecule has 230 valence electrons. The van der Waals surface area contributed by atoms with E-state index in [9.17, 15) is 3.22 Å². The number of hydrogen-bond donors (Lipinski definition) is 0. The van der Waals surface area contributed by atoms with E-state index in [1.807, 2.05) is 30.3 Å². The Bertz CT molecular complexity index is 1390. The van der Waals surface area contributed by atoms with Crippen molar-refractivity contribution in [3.63, 3.8) is 0 Å². The first-order valence-electron chi connectivity index (χ1n) is 15.0. The van der Waals surface area contributed by atoms with Gasteiger partial charge >= 0.3 is 22.9 Å². The average molecular weight is 729 g/mol. The topological polar surface area (TPSA) is 0 Å². The fraction of sp³-hybridized carbons (Fsp3) is 0. The summed E-state index contributed by atoms with van der Waals surface area (Å²) < 4.78 is 9.35. The maximum absolute atomic E-state index is 9.35. The Kier molecular flexibility index (Phi) is 15.8. The van der Waals surface area contributed by atoms with E-state index in [1.54, 1.807) is 0 Å². The first kappa shape index (κ1) is 34.9. The van der Waals surface area contributed by atoms with Crippen LogP contribution in [0.25, 0.3) is 0 Å². The zero-order valence-electron chi connectivity index (χ0n) is 25.4. The largest absolute Gasteiger partial charge is 0.184 e. The second-order valence-electron chi connectivity index (χ2n) is 10.0. The van der Waals surface area contributed by atoms with Gasteiger partial charge in [-0.2, -0.15) is 36.4 Å². The summed E-state index contributed by atoms with van der Waals surface area (Å²) in [5.41, 5.74) is 0. The summed E-state index contributed by atoms with van der Waals surface area (Å²) in [6.07, 6.45) is 0. The van der Waals surface area contributed by atoms with Crippen molar-refractivity contribution in [3.05, 3.63) is 218 Å². The predicted octanol–water partition coefficient (Wildman–Crippen LogP) is 8.26. The van der Waals surface area contributed by atoms with Gasteiger partial charge in [0.15, 0.2) is 0 Å². The molecule has 0 spiro atoms. The summed E-state index contributed by atoms with van der Waals surface area (Å²) in [5, 5.41) is 8.61. The van der Waals surface area contributed by atoms with Crippen LogP contribution in [0, 0.1) is 6.07 Å². The second-order valence-corrected chi connectivity index (χ2v) is 15.0. The minimum atomic E-state index is -0.877. The van der Waals surface area contributed by atoms with Crippen LogP contribution in [0.2, 0.25) is 0 Å². The first-order chi connectivity index (χ1) is 22.9. The van der Waals surface area contributed by atoms with Crippen molar-refractivity contribution in [1.82, 2.24) is 0 Å². The zero-order valence-corrected chi connectivity index (χ0v) is 29.0. The van der Waals surface area contributed by atoms with Gasteiger partial charge in [0.05, 0.1) is 15.8 Å². The second kappa shape index (κ2) is 20.9. The Morgan fingerprint density at radius 3 is 0.587 bits per heavy atom. The van der Waals surface area contributed by atoms with Crippen molar-refractivity contribution >= 4 is 47.7 Å². The van der Waals surface area contributed by atoms with Crippen LogP contribution < -0.4 is 31.8 Å². The standard InChI is InChI=1S/2C18H15P.C6H5.FH.Pd/c2*1-4-10-16(11-5-1)19(17-12-6-2-7-13-17)18-14-8-3-9-15-18;1-2-4-6-5-3-1;;/h2*1-15H;1-5H;1H;/q;;-1;;+2/p+1. The molecular weight excluding hydrogens is 692 g/mol. The Hall–Kier alpha value is -4.01. The molecule has 0 aliphatic rings. The zero-order chi connectivity index (χ0) is 32.1. The van der Waals surface area contributed by atoms with Gasteiger partial charge in [0.1, 0.15) is 31.8 Å². The van der Waals surface area contributed by atoms with Crippen LogP contribution in [0.5, 0.6) is 0 Å². The van der Waals surface area contributed by atoms with Crippen LogP contribution in [0.1, 0.15) is 0 Å². The molecule has 7 aromatic carbocycles. The Labute approximate surface area is 287 Å². The van der Waals surface area contributed by atoms with Crippen molar-refractivity contribution in [2.24, 2.45) is 0 Å². The van der Waals surface area contributed by atoms with E-state index in [-0.39, 0.29) is 0 Å². The third-order valence-electron chi connectivity index (χ3n) is 6.98. The molecule has 46 heavy (non-hydrogen) atoms. The van der Waals surface area contributed by atoms with Gasteiger partial charge in [-0.1, -0.05) is 109 Å². The molecule has 0 aromatic heterocycles. The molecule has 0 amide bonds. The van der Waals surface area contributed by atoms with Crippen LogP contribution in [-0.2, 0) is 19.7 Å². The van der Waals surface area contributed by atoms with E-state index >= 15 is 0 Å². The third kappa shape index (κ3) is 11.1. The number of benzene rings is 7. The van der Waals surface area contributed by atoms with E-state index in [4.69, 9.17) is 0 Å². The van der Waals surface area contributed by atoms with Gasteiger partial charge in [0.25, 0.3) is 0 Å². The Balaban J connectivity index is 0.000000169. The molecule has 0 aliphatic heterocycles. The van der Waals surface area contributed by atoms with E-state index in [1.165, 1.54) is 51.5 Å². The minimum Gasteiger partial charge on any atom is -0.184 e. The Morgan fingerprint density at radius 1 is 0.283 bits per heavy atom. The molecule has 0 heterocycles. The molecule has 0 saturated carbocycles. The molecular formula is C42H37FP2Pd+2. The van der Waals surface area contributed by atoms with Crippen molar-refractivity contribution in [2.45, 2.75) is 0 Å². The van der Waals surface area contributed by atoms with E-state index < -0.39 is 15.8 Å². The normalized spacial score (nSPS) is 9.93. The fourth-order valence-corrected chi connectivity index (χ4v) is 10.1. The molecule has 0 nitrogen and oxygen atoms in total. The number of rotatable bonds is 6. The summed E-state index contributed by atoms with van der Waals surface area (Å²) in [4.78, 5) is 0. The molecule has 0 radical (unpaired) electrons. The molecule has 4 heteroatoms. The monoisotopic (exact) mass is 728 g/mol. The Morgan fingerprint density at radius 2 is 0.457 bits per heavy atom. The van der Waals surface area contributed by atoms with Crippen molar-refractivity contribution < 1.29 is 22.9 Å². The van der Waals surface area contributed by atoms with Gasteiger partial charge in [-0.25, -0.2) is 0 Å². The van der Waals surface area contributed by atoms with Gasteiger partial charge < -0.3 is 0 Å². The van der Waals surface area contributed by atoms with Crippen LogP contribution in [-0.4, -0.2) is 0 Å². The number of halogens is 1. The first-order valence-corrected chi connectivity index (χ1v) is 18.6. The van der Waals surface area contributed by atoms with Crippen molar-refractivity contribution in [1.29, 1.82) is 0 Å². The molecule has 0 fully saturated rings. The summed E-state index contributed by atoms with van der Waals surface area (Å²) >= 11 is 1.25. The van der Waals surface area contributed by atoms with Gasteiger partial charge in [-0.3, -0.25) is 0 Å². The molecule has 0 aliphatic carbocycles. The van der Waals surface area contributed by atoms with Crippen LogP contribution in [0.3, 0.4) is 0 Å². The van der Waals surface area contributed by atoms with Gasteiger partial charge in [-0.15, -0.1) is 0 Å². The van der Waals surface area contributed by atoms with E-state index in [0.717, 1.165) is 0 Å². The molecule has 0 bridgehead atoms. The quantitative estimate of drug-likeness (QED) is 0.0920. The average Bonchev–Trinajstić information content (AvgIpc) is 3.17. The SMILES string of the molecule is [F][Pd+].[c-]1ccccc1.c1ccc([PH+](c2ccccc2)c2ccccc2)cc1.c1ccc([PH+](c2ccccc2)c2ccccc2)cc1. The van der Waals surface area contributed by atoms with E-state index in [2.05, 4.69) is 188 Å². The fourth-order valence-electron chi connectivity index (χ4n) is 4.97. The van der Waals surface area contributed by atoms with Gasteiger partial charge in [-0.05, 0) is 72.8 Å². The van der Waals surface area contributed by atoms with Gasteiger partial charge in [0.2, 0.25) is 0 Å². The summed E-state index contributed by atoms with van der Waals surface area (Å²) in [5.74, 6) is 0. The third-order valence-corrected chi connectivity index (χ3v) is 12.4. The van der Waals surface area contributed by atoms with Crippen molar-refractivity contribution in [2.75, 3.05) is 0 Å². The molecule has 7 aromatic rings. The summed E-state index contributed by atoms with van der Waals surface area (Å²) in [6, 6.07) is 77.5. The number of hydrogen-bond acceptors (Lipinski definition) is 0. The predicted molar refractivity (Wildman–Crippen MR) is 199 cm³/mol. The van der Waals surface area contributed by atoms with Gasteiger partial charge in [0, 0.05) is 0 Å². The molecule has 7 rings (SSSR count). The molecule has 0 atom stereocenters. The maximum Gasteiger partial charge on any atom is 0.102 e. The van der Waals surface area contributed by atoms with E-state index in [0.29, 0.717) is 0 Å². The van der Waals surface area contributed by atoms with Crippen LogP contribution in [0.15, 0.2) is 212 Å². The molecule has 0 unspecified atom stereocenters. The van der Waals surface area contributed by atoms with Crippen molar-refractivity contribution in [3.8, 4) is 0 Å². The smallest absolute Gasteiger partial charge is 0.102 e. The maximum atomic E-state index is 9.35. The van der Waals surface area contributed by atoms with Crippen LogP contribution in [0.4, 0.5) is 3.22 Å². The molecule has 0 N–H and O–H groups in total. The van der Waals surface area contributed by atoms with Crippen LogP contribution >= 0.6 is 15.8 Å². The minimum absolute atomic E-state index is 0.877. The summed E-state index contributed by atoms with van der Waals surface area (Å²) in [6.45, 7) is 0.